The van der Waals surface area contributed by atoms with E-state index >= 15 is 0 Å². The molecule has 0 spiro atoms. The Bertz CT molecular complexity index is 857. The Kier molecular flexibility index (Phi) is 5.05. The van der Waals surface area contributed by atoms with Crippen LogP contribution in [-0.2, 0) is 15.0 Å². The van der Waals surface area contributed by atoms with Crippen LogP contribution in [0, 0.1) is 12.8 Å². The first-order chi connectivity index (χ1) is 12.3. The quantitative estimate of drug-likeness (QED) is 0.785. The van der Waals surface area contributed by atoms with Crippen molar-refractivity contribution in [3.63, 3.8) is 0 Å². The first-order valence-corrected chi connectivity index (χ1v) is 9.19. The summed E-state index contributed by atoms with van der Waals surface area (Å²) in [5.74, 6) is -0.189. The van der Waals surface area contributed by atoms with E-state index in [-0.39, 0.29) is 17.7 Å². The fourth-order valence-electron chi connectivity index (χ4n) is 2.92. The zero-order valence-corrected chi connectivity index (χ0v) is 16.0. The van der Waals surface area contributed by atoms with E-state index in [1.54, 1.807) is 0 Å². The largest absolute Gasteiger partial charge is 0.326 e. The second-order valence-corrected chi connectivity index (χ2v) is 7.66. The molecule has 1 aliphatic rings. The average molecular weight is 371 g/mol. The molecule has 5 heteroatoms. The maximum Gasteiger partial charge on any atom is 0.235 e. The van der Waals surface area contributed by atoms with Gasteiger partial charge < -0.3 is 10.6 Å². The number of halogens is 1. The highest BCUT2D eigenvalue weighted by atomic mass is 35.5. The van der Waals surface area contributed by atoms with Gasteiger partial charge in [0.2, 0.25) is 11.8 Å². The Morgan fingerprint density at radius 2 is 1.81 bits per heavy atom. The molecule has 0 aliphatic heterocycles. The highest BCUT2D eigenvalue weighted by Gasteiger charge is 2.51. The van der Waals surface area contributed by atoms with Crippen molar-refractivity contribution < 1.29 is 9.59 Å². The van der Waals surface area contributed by atoms with E-state index in [4.69, 9.17) is 11.6 Å². The van der Waals surface area contributed by atoms with E-state index in [1.165, 1.54) is 0 Å². The summed E-state index contributed by atoms with van der Waals surface area (Å²) in [4.78, 5) is 24.9. The second-order valence-electron chi connectivity index (χ2n) is 7.22. The van der Waals surface area contributed by atoms with E-state index in [1.807, 2.05) is 63.2 Å². The number of rotatable bonds is 5. The van der Waals surface area contributed by atoms with Gasteiger partial charge >= 0.3 is 0 Å². The van der Waals surface area contributed by atoms with Gasteiger partial charge in [-0.1, -0.05) is 43.6 Å². The number of benzene rings is 2. The van der Waals surface area contributed by atoms with Crippen LogP contribution in [0.15, 0.2) is 42.5 Å². The van der Waals surface area contributed by atoms with Crippen LogP contribution in [0.3, 0.4) is 0 Å². The lowest BCUT2D eigenvalue weighted by molar-refractivity contribution is -0.119. The van der Waals surface area contributed by atoms with Crippen LogP contribution in [0.5, 0.6) is 0 Å². The summed E-state index contributed by atoms with van der Waals surface area (Å²) < 4.78 is 0. The third kappa shape index (κ3) is 3.75. The van der Waals surface area contributed by atoms with Crippen LogP contribution in [-0.4, -0.2) is 11.8 Å². The SMILES string of the molecule is Cc1ccc(NC(=O)C(C)C)cc1NC(=O)C1(c2cccc(Cl)c2)CC1. The summed E-state index contributed by atoms with van der Waals surface area (Å²) in [7, 11) is 0. The number of anilines is 2. The monoisotopic (exact) mass is 370 g/mol. The zero-order chi connectivity index (χ0) is 18.9. The molecule has 0 aromatic heterocycles. The molecule has 1 aliphatic carbocycles. The van der Waals surface area contributed by atoms with E-state index in [2.05, 4.69) is 10.6 Å². The van der Waals surface area contributed by atoms with Gasteiger partial charge in [-0.2, -0.15) is 0 Å². The molecular formula is C21H23ClN2O2. The second kappa shape index (κ2) is 7.12. The standard InChI is InChI=1S/C21H23ClN2O2/c1-13(2)19(25)23-17-8-7-14(3)18(12-17)24-20(26)21(9-10-21)15-5-4-6-16(22)11-15/h4-8,11-13H,9-10H2,1-3H3,(H,23,25)(H,24,26). The van der Waals surface area contributed by atoms with E-state index in [9.17, 15) is 9.59 Å². The summed E-state index contributed by atoms with van der Waals surface area (Å²) in [6.45, 7) is 5.62. The van der Waals surface area contributed by atoms with Gasteiger partial charge in [0.25, 0.3) is 0 Å². The van der Waals surface area contributed by atoms with Crippen LogP contribution in [0.2, 0.25) is 5.02 Å². The highest BCUT2D eigenvalue weighted by Crippen LogP contribution is 2.49. The summed E-state index contributed by atoms with van der Waals surface area (Å²) in [5, 5.41) is 6.54. The highest BCUT2D eigenvalue weighted by molar-refractivity contribution is 6.30. The Hall–Kier alpha value is -2.33. The molecule has 26 heavy (non-hydrogen) atoms. The van der Waals surface area contributed by atoms with Crippen molar-refractivity contribution in [1.29, 1.82) is 0 Å². The van der Waals surface area contributed by atoms with Crippen LogP contribution < -0.4 is 10.6 Å². The molecule has 2 amide bonds. The molecular weight excluding hydrogens is 348 g/mol. The predicted molar refractivity (Wildman–Crippen MR) is 106 cm³/mol. The Morgan fingerprint density at radius 3 is 2.42 bits per heavy atom. The molecule has 2 N–H and O–H groups in total. The van der Waals surface area contributed by atoms with Gasteiger partial charge in [0.05, 0.1) is 5.41 Å². The average Bonchev–Trinajstić information content (AvgIpc) is 3.39. The number of carbonyl (C=O) groups excluding carboxylic acids is 2. The third-order valence-corrected chi connectivity index (χ3v) is 5.07. The first kappa shape index (κ1) is 18.5. The van der Waals surface area contributed by atoms with E-state index in [0.717, 1.165) is 24.0 Å². The summed E-state index contributed by atoms with van der Waals surface area (Å²) in [6.07, 6.45) is 1.62. The van der Waals surface area contributed by atoms with Gasteiger partial charge in [0.1, 0.15) is 0 Å². The van der Waals surface area contributed by atoms with Crippen molar-refractivity contribution >= 4 is 34.8 Å². The van der Waals surface area contributed by atoms with Gasteiger partial charge in [-0.3, -0.25) is 9.59 Å². The Labute approximate surface area is 158 Å². The number of hydrogen-bond acceptors (Lipinski definition) is 2. The number of aryl methyl sites for hydroxylation is 1. The molecule has 3 rings (SSSR count). The van der Waals surface area contributed by atoms with Crippen molar-refractivity contribution in [3.05, 3.63) is 58.6 Å². The minimum atomic E-state index is -0.505. The minimum absolute atomic E-state index is 0.0322. The van der Waals surface area contributed by atoms with Gasteiger partial charge in [-0.15, -0.1) is 0 Å². The summed E-state index contributed by atoms with van der Waals surface area (Å²) in [6, 6.07) is 13.0. The Balaban J connectivity index is 1.80. The molecule has 0 heterocycles. The molecule has 0 unspecified atom stereocenters. The lowest BCUT2D eigenvalue weighted by Crippen LogP contribution is -2.28. The summed E-state index contributed by atoms with van der Waals surface area (Å²) >= 11 is 6.09. The minimum Gasteiger partial charge on any atom is -0.326 e. The van der Waals surface area contributed by atoms with E-state index < -0.39 is 5.41 Å². The molecule has 0 atom stereocenters. The molecule has 2 aromatic carbocycles. The Morgan fingerprint density at radius 1 is 1.08 bits per heavy atom. The number of carbonyl (C=O) groups is 2. The van der Waals surface area contributed by atoms with Gasteiger partial charge in [0, 0.05) is 22.3 Å². The van der Waals surface area contributed by atoms with Crippen LogP contribution in [0.1, 0.15) is 37.8 Å². The molecule has 1 saturated carbocycles. The van der Waals surface area contributed by atoms with Crippen molar-refractivity contribution in [3.8, 4) is 0 Å². The molecule has 0 radical (unpaired) electrons. The fraction of sp³-hybridized carbons (Fsp3) is 0.333. The molecule has 1 fully saturated rings. The van der Waals surface area contributed by atoms with Gasteiger partial charge in [0.15, 0.2) is 0 Å². The van der Waals surface area contributed by atoms with Gasteiger partial charge in [-0.25, -0.2) is 0 Å². The summed E-state index contributed by atoms with van der Waals surface area (Å²) in [5.41, 5.74) is 2.78. The smallest absolute Gasteiger partial charge is 0.235 e. The van der Waals surface area contributed by atoms with Crippen molar-refractivity contribution in [1.82, 2.24) is 0 Å². The zero-order valence-electron chi connectivity index (χ0n) is 15.2. The maximum atomic E-state index is 13.0. The van der Waals surface area contributed by atoms with Crippen molar-refractivity contribution in [2.24, 2.45) is 5.92 Å². The lowest BCUT2D eigenvalue weighted by atomic mass is 9.94. The topological polar surface area (TPSA) is 58.2 Å². The first-order valence-electron chi connectivity index (χ1n) is 8.81. The molecule has 0 bridgehead atoms. The maximum absolute atomic E-state index is 13.0. The van der Waals surface area contributed by atoms with Crippen LogP contribution in [0.25, 0.3) is 0 Å². The predicted octanol–water partition coefficient (Wildman–Crippen LogP) is 4.91. The van der Waals surface area contributed by atoms with Crippen molar-refractivity contribution in [2.75, 3.05) is 10.6 Å². The normalized spacial score (nSPS) is 14.8. The molecule has 136 valence electrons. The third-order valence-electron chi connectivity index (χ3n) is 4.84. The van der Waals surface area contributed by atoms with Crippen molar-refractivity contribution in [2.45, 2.75) is 39.0 Å². The fourth-order valence-corrected chi connectivity index (χ4v) is 3.11. The van der Waals surface area contributed by atoms with Crippen LogP contribution >= 0.6 is 11.6 Å². The lowest BCUT2D eigenvalue weighted by Gasteiger charge is -2.18. The molecule has 0 saturated heterocycles. The van der Waals surface area contributed by atoms with Gasteiger partial charge in [-0.05, 0) is 55.2 Å². The number of nitrogens with one attached hydrogen (secondary N) is 2. The van der Waals surface area contributed by atoms with E-state index in [0.29, 0.717) is 16.4 Å². The van der Waals surface area contributed by atoms with Crippen LogP contribution in [0.4, 0.5) is 11.4 Å². The molecule has 2 aromatic rings. The number of hydrogen-bond donors (Lipinski definition) is 2. The molecule has 4 nitrogen and oxygen atoms in total. The number of amides is 2.